The van der Waals surface area contributed by atoms with Gasteiger partial charge in [-0.3, -0.25) is 9.48 Å². The Hall–Kier alpha value is -0.910. The van der Waals surface area contributed by atoms with Crippen LogP contribution in [0.15, 0.2) is 0 Å². The molecule has 0 aliphatic carbocycles. The summed E-state index contributed by atoms with van der Waals surface area (Å²) in [6, 6.07) is 0.102. The van der Waals surface area contributed by atoms with Gasteiger partial charge in [0.25, 0.3) is 0 Å². The average molecular weight is 300 g/mol. The molecule has 2 unspecified atom stereocenters. The SMILES string of the molecule is CCc1nn(CC)c(CC(=O)C2COCC2NC)c1Cl. The molecule has 1 saturated heterocycles. The van der Waals surface area contributed by atoms with E-state index in [9.17, 15) is 4.79 Å². The maximum absolute atomic E-state index is 12.5. The van der Waals surface area contributed by atoms with Crippen LogP contribution < -0.4 is 5.32 Å². The minimum Gasteiger partial charge on any atom is -0.379 e. The number of nitrogens with one attached hydrogen (secondary N) is 1. The van der Waals surface area contributed by atoms with Crippen molar-refractivity contribution >= 4 is 17.4 Å². The number of likely N-dealkylation sites (N-methyl/N-ethyl adjacent to an activating group) is 1. The molecule has 6 heteroatoms. The number of Topliss-reactive ketones (excluding diaryl/α,β-unsaturated/α-hetero) is 1. The Kier molecular flexibility index (Phi) is 5.18. The molecule has 0 radical (unpaired) electrons. The second kappa shape index (κ2) is 6.70. The van der Waals surface area contributed by atoms with E-state index in [1.807, 2.05) is 25.6 Å². The number of aromatic nitrogens is 2. The molecule has 0 bridgehead atoms. The molecule has 2 atom stereocenters. The highest BCUT2D eigenvalue weighted by atomic mass is 35.5. The van der Waals surface area contributed by atoms with Crippen LogP contribution in [0.25, 0.3) is 0 Å². The first kappa shape index (κ1) is 15.5. The van der Waals surface area contributed by atoms with Crippen molar-refractivity contribution in [2.24, 2.45) is 5.92 Å². The summed E-state index contributed by atoms with van der Waals surface area (Å²) < 4.78 is 7.23. The van der Waals surface area contributed by atoms with Gasteiger partial charge in [-0.2, -0.15) is 5.10 Å². The van der Waals surface area contributed by atoms with Gasteiger partial charge in [0.05, 0.1) is 42.0 Å². The molecule has 1 aromatic heterocycles. The van der Waals surface area contributed by atoms with E-state index in [4.69, 9.17) is 16.3 Å². The molecular weight excluding hydrogens is 278 g/mol. The summed E-state index contributed by atoms with van der Waals surface area (Å²) in [5.41, 5.74) is 1.70. The molecule has 1 fully saturated rings. The van der Waals surface area contributed by atoms with E-state index in [2.05, 4.69) is 10.4 Å². The van der Waals surface area contributed by atoms with Crippen molar-refractivity contribution < 1.29 is 9.53 Å². The highest BCUT2D eigenvalue weighted by Crippen LogP contribution is 2.24. The third-order valence-electron chi connectivity index (χ3n) is 3.90. The van der Waals surface area contributed by atoms with Crippen molar-refractivity contribution in [3.05, 3.63) is 16.4 Å². The maximum Gasteiger partial charge on any atom is 0.145 e. The van der Waals surface area contributed by atoms with E-state index in [1.165, 1.54) is 0 Å². The Morgan fingerprint density at radius 1 is 1.50 bits per heavy atom. The molecule has 2 heterocycles. The van der Waals surface area contributed by atoms with Gasteiger partial charge in [0, 0.05) is 12.6 Å². The lowest BCUT2D eigenvalue weighted by Gasteiger charge is -2.15. The molecule has 0 amide bonds. The fourth-order valence-electron chi connectivity index (χ4n) is 2.64. The molecule has 1 N–H and O–H groups in total. The third kappa shape index (κ3) is 2.90. The molecule has 20 heavy (non-hydrogen) atoms. The Balaban J connectivity index is 2.17. The molecule has 1 aromatic rings. The number of halogens is 1. The standard InChI is InChI=1S/C14H22ClN3O2/c1-4-10-14(15)12(18(5-2)17-10)6-13(19)9-7-20-8-11(9)16-3/h9,11,16H,4-8H2,1-3H3. The van der Waals surface area contributed by atoms with Crippen LogP contribution in [0.1, 0.15) is 25.2 Å². The van der Waals surface area contributed by atoms with Crippen LogP contribution >= 0.6 is 11.6 Å². The summed E-state index contributed by atoms with van der Waals surface area (Å²) in [7, 11) is 1.86. The highest BCUT2D eigenvalue weighted by molar-refractivity contribution is 6.32. The van der Waals surface area contributed by atoms with Crippen LogP contribution in [-0.4, -0.2) is 41.9 Å². The first-order valence-electron chi connectivity index (χ1n) is 7.14. The number of hydrogen-bond acceptors (Lipinski definition) is 4. The lowest BCUT2D eigenvalue weighted by Crippen LogP contribution is -2.37. The number of aryl methyl sites for hydroxylation is 2. The molecule has 0 spiro atoms. The van der Waals surface area contributed by atoms with E-state index in [0.717, 1.165) is 24.4 Å². The summed E-state index contributed by atoms with van der Waals surface area (Å²) in [5.74, 6) is 0.0716. The Morgan fingerprint density at radius 3 is 2.85 bits per heavy atom. The summed E-state index contributed by atoms with van der Waals surface area (Å²) in [4.78, 5) is 12.5. The fraction of sp³-hybridized carbons (Fsp3) is 0.714. The predicted octanol–water partition coefficient (Wildman–Crippen LogP) is 1.46. The van der Waals surface area contributed by atoms with Gasteiger partial charge in [-0.1, -0.05) is 18.5 Å². The van der Waals surface area contributed by atoms with Crippen LogP contribution in [0.3, 0.4) is 0 Å². The smallest absolute Gasteiger partial charge is 0.145 e. The van der Waals surface area contributed by atoms with Crippen molar-refractivity contribution in [2.75, 3.05) is 20.3 Å². The number of ether oxygens (including phenoxy) is 1. The van der Waals surface area contributed by atoms with Crippen molar-refractivity contribution in [2.45, 2.75) is 39.3 Å². The lowest BCUT2D eigenvalue weighted by atomic mass is 9.95. The van der Waals surface area contributed by atoms with Gasteiger partial charge in [-0.05, 0) is 20.4 Å². The zero-order valence-corrected chi connectivity index (χ0v) is 13.0. The number of hydrogen-bond donors (Lipinski definition) is 1. The van der Waals surface area contributed by atoms with Crippen molar-refractivity contribution in [3.63, 3.8) is 0 Å². The van der Waals surface area contributed by atoms with Crippen LogP contribution in [0.5, 0.6) is 0 Å². The fourth-order valence-corrected chi connectivity index (χ4v) is 2.97. The molecule has 0 saturated carbocycles. The second-order valence-corrected chi connectivity index (χ2v) is 5.44. The minimum absolute atomic E-state index is 0.0960. The topological polar surface area (TPSA) is 56.2 Å². The largest absolute Gasteiger partial charge is 0.379 e. The van der Waals surface area contributed by atoms with E-state index >= 15 is 0 Å². The molecule has 0 aromatic carbocycles. The van der Waals surface area contributed by atoms with Crippen molar-refractivity contribution in [3.8, 4) is 0 Å². The molecule has 2 rings (SSSR count). The molecule has 112 valence electrons. The third-order valence-corrected chi connectivity index (χ3v) is 4.34. The monoisotopic (exact) mass is 299 g/mol. The first-order chi connectivity index (χ1) is 9.62. The van der Waals surface area contributed by atoms with Gasteiger partial charge < -0.3 is 10.1 Å². The van der Waals surface area contributed by atoms with E-state index < -0.39 is 0 Å². The minimum atomic E-state index is -0.0960. The summed E-state index contributed by atoms with van der Waals surface area (Å²) in [6.45, 7) is 5.82. The predicted molar refractivity (Wildman–Crippen MR) is 78.2 cm³/mol. The molecule has 5 nitrogen and oxygen atoms in total. The Morgan fingerprint density at radius 2 is 2.25 bits per heavy atom. The summed E-state index contributed by atoms with van der Waals surface area (Å²) in [6.07, 6.45) is 1.10. The number of nitrogens with zero attached hydrogens (tertiary/aromatic N) is 2. The number of carbonyl (C=O) groups is 1. The molecular formula is C14H22ClN3O2. The van der Waals surface area contributed by atoms with Crippen LogP contribution in [0, 0.1) is 5.92 Å². The zero-order valence-electron chi connectivity index (χ0n) is 12.3. The van der Waals surface area contributed by atoms with Gasteiger partial charge in [-0.15, -0.1) is 0 Å². The van der Waals surface area contributed by atoms with Gasteiger partial charge in [0.15, 0.2) is 0 Å². The van der Waals surface area contributed by atoms with Gasteiger partial charge in [0.1, 0.15) is 5.78 Å². The van der Waals surface area contributed by atoms with Gasteiger partial charge in [-0.25, -0.2) is 0 Å². The number of carbonyl (C=O) groups excluding carboxylic acids is 1. The van der Waals surface area contributed by atoms with Crippen LogP contribution in [0.4, 0.5) is 0 Å². The lowest BCUT2D eigenvalue weighted by molar-refractivity contribution is -0.122. The molecule has 1 aliphatic heterocycles. The number of ketones is 1. The Bertz CT molecular complexity index is 487. The van der Waals surface area contributed by atoms with Crippen molar-refractivity contribution in [1.82, 2.24) is 15.1 Å². The zero-order chi connectivity index (χ0) is 14.7. The average Bonchev–Trinajstić information content (AvgIpc) is 3.04. The van der Waals surface area contributed by atoms with Crippen molar-refractivity contribution in [1.29, 1.82) is 0 Å². The van der Waals surface area contributed by atoms with Crippen LogP contribution in [-0.2, 0) is 28.9 Å². The highest BCUT2D eigenvalue weighted by Gasteiger charge is 2.33. The Labute approximate surface area is 124 Å². The van der Waals surface area contributed by atoms with E-state index in [-0.39, 0.29) is 17.7 Å². The maximum atomic E-state index is 12.5. The summed E-state index contributed by atoms with van der Waals surface area (Å²) >= 11 is 6.35. The second-order valence-electron chi connectivity index (χ2n) is 5.06. The van der Waals surface area contributed by atoms with E-state index in [0.29, 0.717) is 24.7 Å². The van der Waals surface area contributed by atoms with Crippen LogP contribution in [0.2, 0.25) is 5.02 Å². The number of rotatable bonds is 6. The molecule has 1 aliphatic rings. The van der Waals surface area contributed by atoms with Gasteiger partial charge >= 0.3 is 0 Å². The first-order valence-corrected chi connectivity index (χ1v) is 7.51. The normalized spacial score (nSPS) is 22.4. The van der Waals surface area contributed by atoms with E-state index in [1.54, 1.807) is 0 Å². The van der Waals surface area contributed by atoms with Gasteiger partial charge in [0.2, 0.25) is 0 Å². The summed E-state index contributed by atoms with van der Waals surface area (Å²) in [5, 5.41) is 8.23. The quantitative estimate of drug-likeness (QED) is 0.864.